The number of amides is 2. The Morgan fingerprint density at radius 2 is 2.00 bits per heavy atom. The molecule has 0 saturated heterocycles. The minimum atomic E-state index is -0.582. The second-order valence-corrected chi connectivity index (χ2v) is 11.9. The van der Waals surface area contributed by atoms with Crippen molar-refractivity contribution in [3.8, 4) is 0 Å². The van der Waals surface area contributed by atoms with Crippen LogP contribution >= 0.6 is 0 Å². The number of nitrogens with zero attached hydrogens (tertiary/aromatic N) is 7. The third-order valence-corrected chi connectivity index (χ3v) is 8.02. The summed E-state index contributed by atoms with van der Waals surface area (Å²) in [6.45, 7) is 6.92. The fraction of sp³-hybridized carbons (Fsp3) is 0.448. The van der Waals surface area contributed by atoms with Crippen molar-refractivity contribution in [1.29, 1.82) is 0 Å². The summed E-state index contributed by atoms with van der Waals surface area (Å²) >= 11 is 0. The van der Waals surface area contributed by atoms with E-state index < -0.39 is 12.0 Å². The molecule has 5 heterocycles. The molecule has 0 saturated carbocycles. The molecule has 1 atom stereocenters. The predicted octanol–water partition coefficient (Wildman–Crippen LogP) is 2.54. The van der Waals surface area contributed by atoms with Crippen LogP contribution in [0.15, 0.2) is 30.7 Å². The van der Waals surface area contributed by atoms with Crippen molar-refractivity contribution in [2.75, 3.05) is 23.8 Å². The molecule has 2 amide bonds. The number of anilines is 2. The predicted molar refractivity (Wildman–Crippen MR) is 151 cm³/mol. The average Bonchev–Trinajstić information content (AvgIpc) is 3.57. The number of nitrogens with one attached hydrogen (secondary N) is 1. The number of carbonyl (C=O) groups excluding carboxylic acids is 3. The van der Waals surface area contributed by atoms with Crippen molar-refractivity contribution in [1.82, 2.24) is 29.4 Å². The van der Waals surface area contributed by atoms with Gasteiger partial charge in [-0.25, -0.2) is 4.98 Å². The monoisotopic (exact) mass is 558 g/mol. The summed E-state index contributed by atoms with van der Waals surface area (Å²) in [5, 5.41) is 11.2. The standard InChI is InChI=1S/C29H34N8O4/c1-17(38)41-16-21-20(19-10-22(27(39)34(4)14-19)31-25-15-35(5)33-32-25)6-7-30-26(21)37-9-8-36-23(28(37)40)11-18-12-29(2,3)13-24(18)36/h6-7,11,14-15,22,31H,8-10,12-13,16H2,1-5H3. The number of hydrogen-bond acceptors (Lipinski definition) is 8. The number of ether oxygens (including phenoxy) is 1. The second-order valence-electron chi connectivity index (χ2n) is 11.9. The first-order chi connectivity index (χ1) is 19.5. The molecule has 0 radical (unpaired) electrons. The normalized spacial score (nSPS) is 19.6. The summed E-state index contributed by atoms with van der Waals surface area (Å²) < 4.78 is 9.19. The molecule has 41 heavy (non-hydrogen) atoms. The molecule has 3 aromatic rings. The van der Waals surface area contributed by atoms with Gasteiger partial charge in [0, 0.05) is 64.2 Å². The van der Waals surface area contributed by atoms with Gasteiger partial charge in [-0.3, -0.25) is 24.0 Å². The highest BCUT2D eigenvalue weighted by atomic mass is 16.5. The molecular formula is C29H34N8O4. The first kappa shape index (κ1) is 26.7. The van der Waals surface area contributed by atoms with E-state index in [2.05, 4.69) is 39.0 Å². The number of hydrogen-bond donors (Lipinski definition) is 1. The van der Waals surface area contributed by atoms with Gasteiger partial charge in [-0.1, -0.05) is 19.1 Å². The minimum absolute atomic E-state index is 0.0550. The van der Waals surface area contributed by atoms with E-state index in [0.717, 1.165) is 24.0 Å². The van der Waals surface area contributed by atoms with Gasteiger partial charge in [-0.15, -0.1) is 5.10 Å². The fourth-order valence-electron chi connectivity index (χ4n) is 6.23. The molecule has 214 valence electrons. The molecule has 1 N–H and O–H groups in total. The van der Waals surface area contributed by atoms with Crippen molar-refractivity contribution in [3.05, 3.63) is 58.8 Å². The maximum Gasteiger partial charge on any atom is 0.302 e. The maximum atomic E-state index is 13.9. The van der Waals surface area contributed by atoms with Gasteiger partial charge in [0.25, 0.3) is 5.91 Å². The van der Waals surface area contributed by atoms with Gasteiger partial charge in [0.05, 0.1) is 6.20 Å². The molecule has 3 aliphatic rings. The molecule has 12 nitrogen and oxygen atoms in total. The third kappa shape index (κ3) is 4.87. The Hall–Kier alpha value is -4.48. The Labute approximate surface area is 238 Å². The summed E-state index contributed by atoms with van der Waals surface area (Å²) in [5.41, 5.74) is 5.58. The highest BCUT2D eigenvalue weighted by molar-refractivity contribution is 6.06. The maximum absolute atomic E-state index is 13.9. The number of fused-ring (bicyclic) bond motifs is 3. The summed E-state index contributed by atoms with van der Waals surface area (Å²) in [4.78, 5) is 46.6. The summed E-state index contributed by atoms with van der Waals surface area (Å²) in [5.74, 6) is 0.285. The Morgan fingerprint density at radius 1 is 1.20 bits per heavy atom. The van der Waals surface area contributed by atoms with Crippen LogP contribution < -0.4 is 10.2 Å². The third-order valence-electron chi connectivity index (χ3n) is 8.02. The minimum Gasteiger partial charge on any atom is -0.461 e. The van der Waals surface area contributed by atoms with Crippen LogP contribution in [-0.2, 0) is 47.4 Å². The average molecular weight is 559 g/mol. The van der Waals surface area contributed by atoms with Crippen LogP contribution in [-0.4, -0.2) is 66.9 Å². The molecule has 0 spiro atoms. The largest absolute Gasteiger partial charge is 0.461 e. The van der Waals surface area contributed by atoms with E-state index in [9.17, 15) is 14.4 Å². The Morgan fingerprint density at radius 3 is 2.73 bits per heavy atom. The van der Waals surface area contributed by atoms with Crippen LogP contribution in [0.25, 0.3) is 5.57 Å². The van der Waals surface area contributed by atoms with Crippen molar-refractivity contribution in [3.63, 3.8) is 0 Å². The zero-order valence-electron chi connectivity index (χ0n) is 24.0. The number of pyridine rings is 1. The highest BCUT2D eigenvalue weighted by Crippen LogP contribution is 2.40. The van der Waals surface area contributed by atoms with Crippen LogP contribution in [0.1, 0.15) is 60.1 Å². The van der Waals surface area contributed by atoms with Gasteiger partial charge < -0.3 is 19.5 Å². The fourth-order valence-corrected chi connectivity index (χ4v) is 6.23. The topological polar surface area (TPSA) is 127 Å². The van der Waals surface area contributed by atoms with Crippen molar-refractivity contribution in [2.45, 2.75) is 59.2 Å². The lowest BCUT2D eigenvalue weighted by Gasteiger charge is -2.32. The van der Waals surface area contributed by atoms with Gasteiger partial charge in [0.1, 0.15) is 24.2 Å². The van der Waals surface area contributed by atoms with Crippen molar-refractivity contribution in [2.24, 2.45) is 12.5 Å². The number of esters is 1. The zero-order chi connectivity index (χ0) is 29.1. The van der Waals surface area contributed by atoms with Gasteiger partial charge in [-0.2, -0.15) is 0 Å². The zero-order valence-corrected chi connectivity index (χ0v) is 24.0. The lowest BCUT2D eigenvalue weighted by molar-refractivity contribution is -0.142. The number of likely N-dealkylation sites (N-methyl/N-ethyl adjacent to an activating group) is 1. The molecule has 12 heteroatoms. The van der Waals surface area contributed by atoms with Crippen LogP contribution in [0, 0.1) is 5.41 Å². The van der Waals surface area contributed by atoms with Crippen molar-refractivity contribution >= 4 is 35.0 Å². The molecule has 6 rings (SSSR count). The lowest BCUT2D eigenvalue weighted by Crippen LogP contribution is -2.42. The summed E-state index contributed by atoms with van der Waals surface area (Å²) in [6, 6.07) is 3.29. The molecule has 1 unspecified atom stereocenters. The molecule has 0 aromatic carbocycles. The van der Waals surface area contributed by atoms with E-state index in [1.165, 1.54) is 23.1 Å². The van der Waals surface area contributed by atoms with E-state index in [1.807, 2.05) is 12.1 Å². The second kappa shape index (κ2) is 9.86. The number of aryl methyl sites for hydroxylation is 1. The van der Waals surface area contributed by atoms with Crippen molar-refractivity contribution < 1.29 is 19.1 Å². The number of rotatable bonds is 6. The van der Waals surface area contributed by atoms with E-state index in [0.29, 0.717) is 42.4 Å². The highest BCUT2D eigenvalue weighted by Gasteiger charge is 2.38. The van der Waals surface area contributed by atoms with E-state index in [-0.39, 0.29) is 23.8 Å². The first-order valence-corrected chi connectivity index (χ1v) is 13.8. The van der Waals surface area contributed by atoms with Crippen LogP contribution in [0.4, 0.5) is 11.6 Å². The van der Waals surface area contributed by atoms with Gasteiger partial charge in [0.15, 0.2) is 5.82 Å². The summed E-state index contributed by atoms with van der Waals surface area (Å²) in [7, 11) is 3.45. The van der Waals surface area contributed by atoms with Crippen LogP contribution in [0.5, 0.6) is 0 Å². The van der Waals surface area contributed by atoms with E-state index in [4.69, 9.17) is 4.74 Å². The molecular weight excluding hydrogens is 524 g/mol. The Balaban J connectivity index is 1.35. The molecule has 2 aliphatic heterocycles. The molecule has 0 bridgehead atoms. The van der Waals surface area contributed by atoms with Crippen LogP contribution in [0.3, 0.4) is 0 Å². The summed E-state index contributed by atoms with van der Waals surface area (Å²) in [6.07, 6.45) is 7.40. The number of carbonyl (C=O) groups is 3. The smallest absolute Gasteiger partial charge is 0.302 e. The van der Waals surface area contributed by atoms with Crippen LogP contribution in [0.2, 0.25) is 0 Å². The molecule has 3 aromatic heterocycles. The Bertz CT molecular complexity index is 1600. The number of aromatic nitrogens is 5. The SMILES string of the molecule is CC(=O)OCc1c(C2=CN(C)C(=O)C(Nc3cn(C)nn3)C2)ccnc1N1CCn2c(cc3c2CC(C)(C)C3)C1=O. The van der Waals surface area contributed by atoms with E-state index >= 15 is 0 Å². The van der Waals surface area contributed by atoms with Gasteiger partial charge >= 0.3 is 5.97 Å². The first-order valence-electron chi connectivity index (χ1n) is 13.8. The molecule has 1 aliphatic carbocycles. The van der Waals surface area contributed by atoms with E-state index in [1.54, 1.807) is 42.3 Å². The quantitative estimate of drug-likeness (QED) is 0.458. The Kier molecular flexibility index (Phi) is 6.43. The molecule has 0 fully saturated rings. The van der Waals surface area contributed by atoms with Gasteiger partial charge in [-0.05, 0) is 47.1 Å². The van der Waals surface area contributed by atoms with Gasteiger partial charge in [0.2, 0.25) is 5.91 Å². The lowest BCUT2D eigenvalue weighted by atomic mass is 9.90.